The van der Waals surface area contributed by atoms with Crippen LogP contribution in [0.2, 0.25) is 0 Å². The van der Waals surface area contributed by atoms with Crippen molar-refractivity contribution in [3.05, 3.63) is 59.4 Å². The number of amides is 2. The van der Waals surface area contributed by atoms with Gasteiger partial charge in [-0.25, -0.2) is 5.43 Å². The Hall–Kier alpha value is -4.06. The van der Waals surface area contributed by atoms with Crippen molar-refractivity contribution in [2.75, 3.05) is 33.4 Å². The SMILES string of the molecule is CCn1c(-c2cccnc2[C@H](C)OC)c2c3cc(ccc31)C1=CC[C@H](C)N(C1)C[C@H](NC(=O)[C@H]1[C@H](C)[C@@H]1C)C(=O)N1CCC[C@H](N1)C(=O)OCC(C)(C)C2. The molecule has 2 amide bonds. The van der Waals surface area contributed by atoms with Gasteiger partial charge < -0.3 is 19.4 Å². The first-order valence-electron chi connectivity index (χ1n) is 19.9. The fourth-order valence-corrected chi connectivity index (χ4v) is 8.88. The Morgan fingerprint density at radius 2 is 1.94 bits per heavy atom. The molecule has 290 valence electrons. The molecule has 7 rings (SSSR count). The number of hydrogen-bond acceptors (Lipinski definition) is 8. The Balaban J connectivity index is 1.34. The van der Waals surface area contributed by atoms with Gasteiger partial charge in [-0.15, -0.1) is 0 Å². The summed E-state index contributed by atoms with van der Waals surface area (Å²) in [6, 6.07) is 9.64. The van der Waals surface area contributed by atoms with Crippen molar-refractivity contribution in [1.82, 2.24) is 30.2 Å². The number of hydrogen-bond donors (Lipinski definition) is 2. The Kier molecular flexibility index (Phi) is 10.8. The van der Waals surface area contributed by atoms with E-state index < -0.39 is 17.5 Å². The lowest BCUT2D eigenvalue weighted by molar-refractivity contribution is -0.155. The van der Waals surface area contributed by atoms with E-state index in [2.05, 4.69) is 92.1 Å². The topological polar surface area (TPSA) is 118 Å². The van der Waals surface area contributed by atoms with E-state index in [1.54, 1.807) is 12.1 Å². The minimum Gasteiger partial charge on any atom is -0.464 e. The zero-order valence-electron chi connectivity index (χ0n) is 33.3. The van der Waals surface area contributed by atoms with E-state index in [4.69, 9.17) is 14.5 Å². The molecule has 1 aromatic carbocycles. The Morgan fingerprint density at radius 3 is 2.67 bits per heavy atom. The number of aryl methyl sites for hydroxylation is 1. The van der Waals surface area contributed by atoms with Crippen LogP contribution in [0.3, 0.4) is 0 Å². The summed E-state index contributed by atoms with van der Waals surface area (Å²) in [5.41, 5.74) is 10.5. The Morgan fingerprint density at radius 1 is 1.17 bits per heavy atom. The van der Waals surface area contributed by atoms with Gasteiger partial charge in [-0.3, -0.25) is 29.3 Å². The molecule has 2 N–H and O–H groups in total. The molecule has 0 spiro atoms. The molecule has 8 atom stereocenters. The molecule has 5 heterocycles. The van der Waals surface area contributed by atoms with Gasteiger partial charge in [0, 0.05) is 73.3 Å². The molecule has 1 saturated heterocycles. The summed E-state index contributed by atoms with van der Waals surface area (Å²) >= 11 is 0. The molecule has 11 heteroatoms. The van der Waals surface area contributed by atoms with Gasteiger partial charge in [-0.1, -0.05) is 39.8 Å². The van der Waals surface area contributed by atoms with Gasteiger partial charge in [0.1, 0.15) is 12.1 Å². The number of ether oxygens (including phenoxy) is 2. The molecule has 1 unspecified atom stereocenters. The fraction of sp³-hybridized carbons (Fsp3) is 0.581. The van der Waals surface area contributed by atoms with Crippen molar-refractivity contribution in [2.24, 2.45) is 23.2 Å². The van der Waals surface area contributed by atoms with Gasteiger partial charge in [-0.05, 0) is 99.3 Å². The molecule has 4 aliphatic rings. The van der Waals surface area contributed by atoms with Crippen LogP contribution in [-0.2, 0) is 36.8 Å². The van der Waals surface area contributed by atoms with E-state index in [0.29, 0.717) is 38.9 Å². The van der Waals surface area contributed by atoms with Crippen LogP contribution in [-0.4, -0.2) is 88.7 Å². The van der Waals surface area contributed by atoms with Crippen molar-refractivity contribution in [3.63, 3.8) is 0 Å². The van der Waals surface area contributed by atoms with E-state index in [-0.39, 0.29) is 54.3 Å². The summed E-state index contributed by atoms with van der Waals surface area (Å²) in [5, 5.41) is 5.87. The van der Waals surface area contributed by atoms with Crippen molar-refractivity contribution in [2.45, 2.75) is 105 Å². The summed E-state index contributed by atoms with van der Waals surface area (Å²) < 4.78 is 14.3. The van der Waals surface area contributed by atoms with Gasteiger partial charge in [-0.2, -0.15) is 0 Å². The van der Waals surface area contributed by atoms with E-state index in [1.165, 1.54) is 11.1 Å². The number of fused-ring (bicyclic) bond motifs is 6. The second-order valence-corrected chi connectivity index (χ2v) is 16.9. The number of pyridine rings is 1. The molecule has 11 nitrogen and oxygen atoms in total. The normalized spacial score (nSPS) is 29.2. The van der Waals surface area contributed by atoms with Crippen LogP contribution < -0.4 is 10.7 Å². The number of hydrazine groups is 1. The molecule has 54 heavy (non-hydrogen) atoms. The number of rotatable bonds is 6. The Bertz CT molecular complexity index is 1940. The summed E-state index contributed by atoms with van der Waals surface area (Å²) in [7, 11) is 1.71. The zero-order chi connectivity index (χ0) is 38.5. The molecule has 1 saturated carbocycles. The number of carbonyl (C=O) groups excluding carboxylic acids is 3. The quantitative estimate of drug-likeness (QED) is 0.300. The molecule has 6 bridgehead atoms. The van der Waals surface area contributed by atoms with Gasteiger partial charge in [0.2, 0.25) is 5.91 Å². The molecule has 3 aromatic rings. The maximum atomic E-state index is 14.3. The number of nitrogens with zero attached hydrogens (tertiary/aromatic N) is 4. The minimum atomic E-state index is -0.766. The summed E-state index contributed by atoms with van der Waals surface area (Å²) in [6.07, 6.45) is 6.64. The lowest BCUT2D eigenvalue weighted by atomic mass is 9.84. The number of nitrogens with one attached hydrogen (secondary N) is 2. The monoisotopic (exact) mass is 738 g/mol. The first-order chi connectivity index (χ1) is 25.8. The van der Waals surface area contributed by atoms with Crippen LogP contribution in [0.1, 0.15) is 90.7 Å². The van der Waals surface area contributed by atoms with Crippen molar-refractivity contribution in [3.8, 4) is 11.3 Å². The molecular formula is C43H58N6O5. The molecule has 3 aliphatic heterocycles. The van der Waals surface area contributed by atoms with E-state index in [9.17, 15) is 14.4 Å². The largest absolute Gasteiger partial charge is 0.464 e. The standard InChI is InChI=1S/C43H58N6O5/c1-9-48-36-17-16-29-20-32(36)33(39(48)31-12-10-18-44-38(31)28(5)53-8)21-43(6,7)24-54-42(52)34-13-11-19-49(46-34)41(51)35(45-40(50)37-26(3)27(37)4)23-47-22-30(29)15-14-25(47)2/h10,12,15-18,20,25-28,34-35,37,46H,9,11,13-14,19,21-24H2,1-8H3,(H,45,50)/t25-,26-,27+,28-,34-,35-,37+/m0/s1. The van der Waals surface area contributed by atoms with E-state index >= 15 is 0 Å². The average molecular weight is 739 g/mol. The number of cyclic esters (lactones) is 1. The van der Waals surface area contributed by atoms with Crippen LogP contribution in [0.25, 0.3) is 27.7 Å². The van der Waals surface area contributed by atoms with E-state index in [0.717, 1.165) is 46.4 Å². The summed E-state index contributed by atoms with van der Waals surface area (Å²) in [6.45, 7) is 17.3. The lowest BCUT2D eigenvalue weighted by Crippen LogP contribution is -2.62. The first kappa shape index (κ1) is 38.2. The first-order valence-corrected chi connectivity index (χ1v) is 19.9. The highest BCUT2D eigenvalue weighted by Crippen LogP contribution is 2.45. The number of esters is 1. The molecule has 0 radical (unpaired) electrons. The molecular weight excluding hydrogens is 681 g/mol. The smallest absolute Gasteiger partial charge is 0.324 e. The van der Waals surface area contributed by atoms with E-state index in [1.807, 2.05) is 19.2 Å². The van der Waals surface area contributed by atoms with Gasteiger partial charge >= 0.3 is 5.97 Å². The maximum Gasteiger partial charge on any atom is 0.324 e. The predicted octanol–water partition coefficient (Wildman–Crippen LogP) is 5.92. The second-order valence-electron chi connectivity index (χ2n) is 16.9. The summed E-state index contributed by atoms with van der Waals surface area (Å²) in [5.74, 6) is -0.183. The summed E-state index contributed by atoms with van der Waals surface area (Å²) in [4.78, 5) is 48.7. The highest BCUT2D eigenvalue weighted by Gasteiger charge is 2.49. The van der Waals surface area contributed by atoms with Gasteiger partial charge in [0.05, 0.1) is 24.1 Å². The molecule has 2 aromatic heterocycles. The van der Waals surface area contributed by atoms with Crippen molar-refractivity contribution in [1.29, 1.82) is 0 Å². The van der Waals surface area contributed by atoms with Crippen LogP contribution in [0.4, 0.5) is 0 Å². The number of carbonyl (C=O) groups is 3. The fourth-order valence-electron chi connectivity index (χ4n) is 8.88. The van der Waals surface area contributed by atoms with Crippen LogP contribution in [0.5, 0.6) is 0 Å². The number of aromatic nitrogens is 2. The maximum absolute atomic E-state index is 14.3. The third-order valence-corrected chi connectivity index (χ3v) is 12.5. The lowest BCUT2D eigenvalue weighted by Gasteiger charge is -2.39. The van der Waals surface area contributed by atoms with Crippen LogP contribution in [0, 0.1) is 23.2 Å². The third kappa shape index (κ3) is 7.34. The highest BCUT2D eigenvalue weighted by atomic mass is 16.5. The minimum absolute atomic E-state index is 0.0722. The third-order valence-electron chi connectivity index (χ3n) is 12.5. The average Bonchev–Trinajstić information content (AvgIpc) is 3.66. The molecule has 2 fully saturated rings. The van der Waals surface area contributed by atoms with Crippen molar-refractivity contribution < 1.29 is 23.9 Å². The van der Waals surface area contributed by atoms with Crippen molar-refractivity contribution >= 4 is 34.3 Å². The number of methoxy groups -OCH3 is 1. The Labute approximate surface area is 319 Å². The number of benzene rings is 1. The predicted molar refractivity (Wildman–Crippen MR) is 210 cm³/mol. The van der Waals surface area contributed by atoms with Crippen LogP contribution >= 0.6 is 0 Å². The van der Waals surface area contributed by atoms with Gasteiger partial charge in [0.25, 0.3) is 5.91 Å². The second kappa shape index (κ2) is 15.2. The van der Waals surface area contributed by atoms with Gasteiger partial charge in [0.15, 0.2) is 0 Å². The van der Waals surface area contributed by atoms with Crippen LogP contribution in [0.15, 0.2) is 42.6 Å². The zero-order valence-corrected chi connectivity index (χ0v) is 33.3. The molecule has 1 aliphatic carbocycles. The highest BCUT2D eigenvalue weighted by molar-refractivity contribution is 5.95.